The van der Waals surface area contributed by atoms with Gasteiger partial charge in [0.05, 0.1) is 23.1 Å². The third-order valence-electron chi connectivity index (χ3n) is 4.38. The Balaban J connectivity index is 1.73. The van der Waals surface area contributed by atoms with Crippen molar-refractivity contribution >= 4 is 10.0 Å². The molecular formula is C18H19N3O3S. The Labute approximate surface area is 147 Å². The molecule has 1 aromatic carbocycles. The minimum Gasteiger partial charge on any atom is -0.473 e. The van der Waals surface area contributed by atoms with Crippen LogP contribution in [-0.4, -0.2) is 36.9 Å². The van der Waals surface area contributed by atoms with Crippen LogP contribution in [0.4, 0.5) is 0 Å². The number of sulfonamides is 1. The van der Waals surface area contributed by atoms with Gasteiger partial charge in [-0.1, -0.05) is 6.07 Å². The monoisotopic (exact) mass is 357 g/mol. The van der Waals surface area contributed by atoms with Crippen LogP contribution in [0.5, 0.6) is 5.88 Å². The summed E-state index contributed by atoms with van der Waals surface area (Å²) >= 11 is 0. The molecule has 1 fully saturated rings. The van der Waals surface area contributed by atoms with E-state index in [2.05, 4.69) is 4.98 Å². The van der Waals surface area contributed by atoms with Gasteiger partial charge in [0, 0.05) is 18.8 Å². The highest BCUT2D eigenvalue weighted by molar-refractivity contribution is 7.89. The van der Waals surface area contributed by atoms with Crippen LogP contribution >= 0.6 is 0 Å². The van der Waals surface area contributed by atoms with Gasteiger partial charge in [0.25, 0.3) is 0 Å². The summed E-state index contributed by atoms with van der Waals surface area (Å²) in [5, 5.41) is 8.92. The highest BCUT2D eigenvalue weighted by Gasteiger charge is 2.34. The van der Waals surface area contributed by atoms with Crippen LogP contribution in [-0.2, 0) is 10.0 Å². The average Bonchev–Trinajstić information content (AvgIpc) is 3.06. The number of hydrogen-bond donors (Lipinski definition) is 0. The van der Waals surface area contributed by atoms with E-state index in [1.165, 1.54) is 10.5 Å². The molecule has 0 N–H and O–H groups in total. The van der Waals surface area contributed by atoms with Crippen LogP contribution in [0.3, 0.4) is 0 Å². The van der Waals surface area contributed by atoms with Crippen LogP contribution < -0.4 is 4.74 Å². The van der Waals surface area contributed by atoms with E-state index in [4.69, 9.17) is 10.00 Å². The van der Waals surface area contributed by atoms with E-state index >= 15 is 0 Å². The number of rotatable bonds is 4. The summed E-state index contributed by atoms with van der Waals surface area (Å²) in [7, 11) is -3.54. The van der Waals surface area contributed by atoms with Crippen LogP contribution in [0.15, 0.2) is 41.4 Å². The molecule has 0 saturated carbocycles. The van der Waals surface area contributed by atoms with Gasteiger partial charge in [0.2, 0.25) is 15.9 Å². The zero-order chi connectivity index (χ0) is 18.0. The maximum absolute atomic E-state index is 12.8. The van der Waals surface area contributed by atoms with Crippen molar-refractivity contribution < 1.29 is 13.2 Å². The van der Waals surface area contributed by atoms with Gasteiger partial charge in [-0.05, 0) is 49.6 Å². The van der Waals surface area contributed by atoms with Gasteiger partial charge >= 0.3 is 0 Å². The number of hydrogen-bond acceptors (Lipinski definition) is 5. The number of pyridine rings is 1. The molecule has 2 heterocycles. The van der Waals surface area contributed by atoms with E-state index in [1.807, 2.05) is 26.0 Å². The first-order valence-electron chi connectivity index (χ1n) is 8.00. The van der Waals surface area contributed by atoms with E-state index in [1.54, 1.807) is 24.3 Å². The lowest BCUT2D eigenvalue weighted by Gasteiger charge is -2.17. The molecule has 1 saturated heterocycles. The van der Waals surface area contributed by atoms with Gasteiger partial charge in [-0.2, -0.15) is 9.57 Å². The second-order valence-electron chi connectivity index (χ2n) is 6.13. The van der Waals surface area contributed by atoms with Gasteiger partial charge in [0.1, 0.15) is 6.10 Å². The van der Waals surface area contributed by atoms with Crippen molar-refractivity contribution in [2.24, 2.45) is 0 Å². The number of benzene rings is 1. The predicted molar refractivity (Wildman–Crippen MR) is 92.7 cm³/mol. The molecule has 3 rings (SSSR count). The van der Waals surface area contributed by atoms with Gasteiger partial charge in [-0.3, -0.25) is 0 Å². The number of aryl methyl sites for hydroxylation is 2. The Kier molecular flexibility index (Phi) is 4.75. The highest BCUT2D eigenvalue weighted by Crippen LogP contribution is 2.25. The molecule has 130 valence electrons. The molecule has 2 aromatic rings. The smallest absolute Gasteiger partial charge is 0.243 e. The lowest BCUT2D eigenvalue weighted by Crippen LogP contribution is -2.31. The number of ether oxygens (including phenoxy) is 1. The molecular weight excluding hydrogens is 338 g/mol. The first-order valence-corrected chi connectivity index (χ1v) is 9.44. The Morgan fingerprint density at radius 1 is 1.24 bits per heavy atom. The van der Waals surface area contributed by atoms with Crippen molar-refractivity contribution in [1.82, 2.24) is 9.29 Å². The number of nitriles is 1. The fourth-order valence-corrected chi connectivity index (χ4v) is 4.32. The summed E-state index contributed by atoms with van der Waals surface area (Å²) in [4.78, 5) is 4.38. The molecule has 6 nitrogen and oxygen atoms in total. The van der Waals surface area contributed by atoms with Crippen molar-refractivity contribution in [3.05, 3.63) is 53.2 Å². The van der Waals surface area contributed by atoms with Gasteiger partial charge in [-0.25, -0.2) is 13.4 Å². The average molecular weight is 357 g/mol. The second kappa shape index (κ2) is 6.82. The standard InChI is InChI=1S/C18H19N3O3S/c1-13-3-4-17(9-14(13)2)25(22,23)21-8-6-16(12-21)24-18-10-15(11-19)5-7-20-18/h3-5,7,9-10,16H,6,8,12H2,1-2H3. The molecule has 0 radical (unpaired) electrons. The van der Waals surface area contributed by atoms with E-state index < -0.39 is 10.0 Å². The Morgan fingerprint density at radius 3 is 2.76 bits per heavy atom. The molecule has 0 bridgehead atoms. The lowest BCUT2D eigenvalue weighted by molar-refractivity contribution is 0.207. The summed E-state index contributed by atoms with van der Waals surface area (Å²) in [6, 6.07) is 10.4. The Bertz CT molecular complexity index is 935. The third-order valence-corrected chi connectivity index (χ3v) is 6.24. The van der Waals surface area contributed by atoms with Crippen molar-refractivity contribution in [3.8, 4) is 11.9 Å². The van der Waals surface area contributed by atoms with Crippen molar-refractivity contribution in [2.45, 2.75) is 31.3 Å². The fourth-order valence-electron chi connectivity index (χ4n) is 2.75. The predicted octanol–water partition coefficient (Wildman–Crippen LogP) is 2.41. The topological polar surface area (TPSA) is 83.3 Å². The summed E-state index contributed by atoms with van der Waals surface area (Å²) in [6.45, 7) is 4.53. The van der Waals surface area contributed by atoms with Crippen LogP contribution in [0.25, 0.3) is 0 Å². The highest BCUT2D eigenvalue weighted by atomic mass is 32.2. The molecule has 0 amide bonds. The molecule has 1 aliphatic rings. The largest absolute Gasteiger partial charge is 0.473 e. The molecule has 1 aliphatic heterocycles. The maximum atomic E-state index is 12.8. The summed E-state index contributed by atoms with van der Waals surface area (Å²) in [6.07, 6.45) is 1.82. The molecule has 0 spiro atoms. The number of nitrogens with zero attached hydrogens (tertiary/aromatic N) is 3. The van der Waals surface area contributed by atoms with Crippen LogP contribution in [0, 0.1) is 25.2 Å². The summed E-state index contributed by atoms with van der Waals surface area (Å²) in [5.74, 6) is 0.342. The van der Waals surface area contributed by atoms with Crippen molar-refractivity contribution in [3.63, 3.8) is 0 Å². The minimum atomic E-state index is -3.54. The Morgan fingerprint density at radius 2 is 2.04 bits per heavy atom. The summed E-state index contributed by atoms with van der Waals surface area (Å²) < 4.78 is 32.8. The van der Waals surface area contributed by atoms with Crippen LogP contribution in [0.1, 0.15) is 23.1 Å². The zero-order valence-electron chi connectivity index (χ0n) is 14.1. The first kappa shape index (κ1) is 17.4. The van der Waals surface area contributed by atoms with Gasteiger partial charge < -0.3 is 4.74 Å². The Hall–Kier alpha value is -2.43. The SMILES string of the molecule is Cc1ccc(S(=O)(=O)N2CCC(Oc3cc(C#N)ccn3)C2)cc1C. The van der Waals surface area contributed by atoms with Gasteiger partial charge in [-0.15, -0.1) is 0 Å². The fraction of sp³-hybridized carbons (Fsp3) is 0.333. The van der Waals surface area contributed by atoms with Crippen LogP contribution in [0.2, 0.25) is 0 Å². The molecule has 1 unspecified atom stereocenters. The first-order chi connectivity index (χ1) is 11.9. The van der Waals surface area contributed by atoms with Crippen molar-refractivity contribution in [1.29, 1.82) is 5.26 Å². The summed E-state index contributed by atoms with van der Waals surface area (Å²) in [5.41, 5.74) is 2.47. The molecule has 7 heteroatoms. The normalized spacial score (nSPS) is 18.0. The molecule has 25 heavy (non-hydrogen) atoms. The molecule has 1 aromatic heterocycles. The quantitative estimate of drug-likeness (QED) is 0.839. The van der Waals surface area contributed by atoms with E-state index in [0.29, 0.717) is 29.3 Å². The molecule has 0 aliphatic carbocycles. The second-order valence-corrected chi connectivity index (χ2v) is 8.07. The van der Waals surface area contributed by atoms with E-state index in [-0.39, 0.29) is 12.6 Å². The minimum absolute atomic E-state index is 0.272. The number of aromatic nitrogens is 1. The van der Waals surface area contributed by atoms with Gasteiger partial charge in [0.15, 0.2) is 0 Å². The molecule has 1 atom stereocenters. The van der Waals surface area contributed by atoms with E-state index in [0.717, 1.165) is 11.1 Å². The zero-order valence-corrected chi connectivity index (χ0v) is 15.0. The third kappa shape index (κ3) is 3.65. The van der Waals surface area contributed by atoms with Crippen molar-refractivity contribution in [2.75, 3.05) is 13.1 Å². The maximum Gasteiger partial charge on any atom is 0.243 e. The lowest BCUT2D eigenvalue weighted by atomic mass is 10.1. The van der Waals surface area contributed by atoms with E-state index in [9.17, 15) is 8.42 Å².